The summed E-state index contributed by atoms with van der Waals surface area (Å²) in [6, 6.07) is 5.92. The van der Waals surface area contributed by atoms with Crippen LogP contribution in [-0.2, 0) is 20.9 Å². The number of aliphatic hydroxyl groups is 2. The fourth-order valence-electron chi connectivity index (χ4n) is 5.13. The summed E-state index contributed by atoms with van der Waals surface area (Å²) >= 11 is 0. The van der Waals surface area contributed by atoms with Crippen LogP contribution in [0.5, 0.6) is 5.75 Å². The summed E-state index contributed by atoms with van der Waals surface area (Å²) in [7, 11) is 0. The number of aliphatic hydroxyl groups excluding tert-OH is 2. The highest BCUT2D eigenvalue weighted by atomic mass is 16.5. The number of amides is 1. The Bertz CT molecular complexity index is 948. The molecule has 218 valence electrons. The summed E-state index contributed by atoms with van der Waals surface area (Å²) in [5.41, 5.74) is 7.64. The number of benzene rings is 1. The maximum Gasteiger partial charge on any atom is 0.325 e. The van der Waals surface area contributed by atoms with Gasteiger partial charge in [0.2, 0.25) is 5.91 Å². The minimum absolute atomic E-state index is 0.0619. The van der Waals surface area contributed by atoms with E-state index in [1.54, 1.807) is 11.8 Å². The second kappa shape index (κ2) is 16.3. The van der Waals surface area contributed by atoms with Gasteiger partial charge in [-0.2, -0.15) is 0 Å². The van der Waals surface area contributed by atoms with Gasteiger partial charge >= 0.3 is 5.97 Å². The highest BCUT2D eigenvalue weighted by Crippen LogP contribution is 2.29. The molecule has 0 bridgehead atoms. The van der Waals surface area contributed by atoms with Crippen molar-refractivity contribution < 1.29 is 29.3 Å². The van der Waals surface area contributed by atoms with Gasteiger partial charge in [-0.3, -0.25) is 9.59 Å². The van der Waals surface area contributed by atoms with Gasteiger partial charge in [0.15, 0.2) is 5.96 Å². The largest absolute Gasteiger partial charge is 0.494 e. The van der Waals surface area contributed by atoms with Crippen molar-refractivity contribution in [3.63, 3.8) is 0 Å². The maximum atomic E-state index is 13.2. The van der Waals surface area contributed by atoms with E-state index in [0.29, 0.717) is 37.8 Å². The molecule has 1 aliphatic heterocycles. The number of unbranched alkanes of at least 4 members (excludes halogenated alkanes) is 3. The van der Waals surface area contributed by atoms with Crippen LogP contribution in [0.4, 0.5) is 5.69 Å². The molecule has 10 nitrogen and oxygen atoms in total. The number of esters is 1. The SMILES string of the molecule is CC(O)COC(=O)CN1Cc2cc(OCCCC(=O)N(CCCCCCO)C3CCCCC3)ccc2N=C1N. The number of hydrogen-bond acceptors (Lipinski definition) is 9. The van der Waals surface area contributed by atoms with E-state index >= 15 is 0 Å². The third-order valence-corrected chi connectivity index (χ3v) is 7.22. The van der Waals surface area contributed by atoms with Gasteiger partial charge in [-0.25, -0.2) is 4.99 Å². The molecule has 1 heterocycles. The van der Waals surface area contributed by atoms with Gasteiger partial charge in [-0.1, -0.05) is 32.1 Å². The van der Waals surface area contributed by atoms with Crippen LogP contribution in [0, 0.1) is 0 Å². The van der Waals surface area contributed by atoms with Gasteiger partial charge in [0.1, 0.15) is 18.9 Å². The van der Waals surface area contributed by atoms with E-state index in [1.807, 2.05) is 18.2 Å². The molecular weight excluding hydrogens is 500 g/mol. The molecule has 0 radical (unpaired) electrons. The third kappa shape index (κ3) is 10.3. The Morgan fingerprint density at radius 2 is 1.92 bits per heavy atom. The lowest BCUT2D eigenvalue weighted by Crippen LogP contribution is -2.42. The van der Waals surface area contributed by atoms with Crippen molar-refractivity contribution in [2.75, 3.05) is 32.9 Å². The Morgan fingerprint density at radius 1 is 1.15 bits per heavy atom. The van der Waals surface area contributed by atoms with E-state index in [2.05, 4.69) is 9.89 Å². The zero-order chi connectivity index (χ0) is 28.0. The summed E-state index contributed by atoms with van der Waals surface area (Å²) in [5, 5.41) is 18.3. The first-order valence-electron chi connectivity index (χ1n) is 14.5. The lowest BCUT2D eigenvalue weighted by Gasteiger charge is -2.34. The van der Waals surface area contributed by atoms with Crippen LogP contribution in [0.25, 0.3) is 0 Å². The molecule has 1 aromatic carbocycles. The van der Waals surface area contributed by atoms with Crippen molar-refractivity contribution >= 4 is 23.5 Å². The molecule has 2 aliphatic rings. The van der Waals surface area contributed by atoms with E-state index in [1.165, 1.54) is 19.3 Å². The Morgan fingerprint density at radius 3 is 2.67 bits per heavy atom. The van der Waals surface area contributed by atoms with Crippen molar-refractivity contribution in [3.8, 4) is 5.75 Å². The average molecular weight is 547 g/mol. The van der Waals surface area contributed by atoms with Crippen LogP contribution in [0.1, 0.15) is 83.1 Å². The minimum Gasteiger partial charge on any atom is -0.494 e. The molecule has 1 amide bonds. The second-order valence-electron chi connectivity index (χ2n) is 10.6. The monoisotopic (exact) mass is 546 g/mol. The van der Waals surface area contributed by atoms with Gasteiger partial charge < -0.3 is 35.2 Å². The summed E-state index contributed by atoms with van der Waals surface area (Å²) in [6.07, 6.45) is 10.0. The van der Waals surface area contributed by atoms with Crippen LogP contribution < -0.4 is 10.5 Å². The highest BCUT2D eigenvalue weighted by Gasteiger charge is 2.25. The molecule has 10 heteroatoms. The third-order valence-electron chi connectivity index (χ3n) is 7.22. The predicted molar refractivity (Wildman–Crippen MR) is 150 cm³/mol. The molecule has 1 unspecified atom stereocenters. The first kappa shape index (κ1) is 30.7. The normalized spacial score (nSPS) is 16.3. The molecule has 0 saturated heterocycles. The number of guanidine groups is 1. The number of carbonyl (C=O) groups is 2. The number of nitrogens with two attached hydrogens (primary N) is 1. The first-order chi connectivity index (χ1) is 18.9. The highest BCUT2D eigenvalue weighted by molar-refractivity contribution is 5.87. The minimum atomic E-state index is -0.727. The number of fused-ring (bicyclic) bond motifs is 1. The van der Waals surface area contributed by atoms with E-state index in [-0.39, 0.29) is 31.6 Å². The Labute approximate surface area is 232 Å². The second-order valence-corrected chi connectivity index (χ2v) is 10.6. The Balaban J connectivity index is 1.47. The Hall–Kier alpha value is -2.85. The average Bonchev–Trinajstić information content (AvgIpc) is 2.93. The number of aliphatic imine (C=N–C) groups is 1. The maximum absolute atomic E-state index is 13.2. The van der Waals surface area contributed by atoms with Crippen molar-refractivity contribution in [3.05, 3.63) is 23.8 Å². The van der Waals surface area contributed by atoms with E-state index in [9.17, 15) is 14.7 Å². The number of rotatable bonds is 16. The standard InChI is InChI=1S/C29H46N4O6/c1-22(35)21-39-28(37)20-32-19-23-18-25(13-14-26(23)31-29(32)30)38-17-9-12-27(36)33(15-7-2-3-8-16-34)24-10-5-4-6-11-24/h13-14,18,22,24,34-35H,2-12,15-17,19-21H2,1H3,(H2,30,31). The zero-order valence-electron chi connectivity index (χ0n) is 23.4. The predicted octanol–water partition coefficient (Wildman–Crippen LogP) is 3.25. The molecule has 1 aliphatic carbocycles. The molecule has 0 aromatic heterocycles. The van der Waals surface area contributed by atoms with Gasteiger partial charge in [-0.15, -0.1) is 0 Å². The van der Waals surface area contributed by atoms with Gasteiger partial charge in [0, 0.05) is 37.7 Å². The lowest BCUT2D eigenvalue weighted by molar-refractivity contribution is -0.146. The fourth-order valence-corrected chi connectivity index (χ4v) is 5.13. The van der Waals surface area contributed by atoms with Crippen LogP contribution in [0.3, 0.4) is 0 Å². The number of hydrogen-bond donors (Lipinski definition) is 3. The van der Waals surface area contributed by atoms with E-state index in [0.717, 1.165) is 56.3 Å². The number of carbonyl (C=O) groups excluding carboxylic acids is 2. The van der Waals surface area contributed by atoms with E-state index < -0.39 is 12.1 Å². The number of ether oxygens (including phenoxy) is 2. The molecule has 1 atom stereocenters. The van der Waals surface area contributed by atoms with Crippen molar-refractivity contribution in [1.29, 1.82) is 0 Å². The first-order valence-corrected chi connectivity index (χ1v) is 14.5. The van der Waals surface area contributed by atoms with Crippen LogP contribution in [-0.4, -0.2) is 82.9 Å². The topological polar surface area (TPSA) is 138 Å². The summed E-state index contributed by atoms with van der Waals surface area (Å²) in [4.78, 5) is 33.3. The Kier molecular flexibility index (Phi) is 12.8. The fraction of sp³-hybridized carbons (Fsp3) is 0.690. The van der Waals surface area contributed by atoms with Gasteiger partial charge in [0.05, 0.1) is 18.4 Å². The molecule has 39 heavy (non-hydrogen) atoms. The smallest absolute Gasteiger partial charge is 0.325 e. The quantitative estimate of drug-likeness (QED) is 0.212. The van der Waals surface area contributed by atoms with Crippen molar-refractivity contribution in [1.82, 2.24) is 9.80 Å². The summed E-state index contributed by atoms with van der Waals surface area (Å²) < 4.78 is 11.0. The molecule has 1 fully saturated rings. The molecule has 4 N–H and O–H groups in total. The molecule has 1 saturated carbocycles. The van der Waals surface area contributed by atoms with Crippen molar-refractivity contribution in [2.24, 2.45) is 10.7 Å². The summed E-state index contributed by atoms with van der Waals surface area (Å²) in [5.74, 6) is 0.643. The van der Waals surface area contributed by atoms with Gasteiger partial charge in [0.25, 0.3) is 0 Å². The molecule has 0 spiro atoms. The van der Waals surface area contributed by atoms with Gasteiger partial charge in [-0.05, 0) is 57.2 Å². The molecule has 3 rings (SSSR count). The van der Waals surface area contributed by atoms with Crippen LogP contribution in [0.2, 0.25) is 0 Å². The van der Waals surface area contributed by atoms with Crippen LogP contribution >= 0.6 is 0 Å². The van der Waals surface area contributed by atoms with Crippen molar-refractivity contribution in [2.45, 2.75) is 96.2 Å². The van der Waals surface area contributed by atoms with Crippen LogP contribution in [0.15, 0.2) is 23.2 Å². The lowest BCUT2D eigenvalue weighted by atomic mass is 9.93. The summed E-state index contributed by atoms with van der Waals surface area (Å²) in [6.45, 7) is 3.27. The zero-order valence-corrected chi connectivity index (χ0v) is 23.4. The molecule has 1 aromatic rings. The number of nitrogens with zero attached hydrogens (tertiary/aromatic N) is 3. The molecular formula is C29H46N4O6. The van der Waals surface area contributed by atoms with E-state index in [4.69, 9.17) is 20.3 Å².